The highest BCUT2D eigenvalue weighted by atomic mass is 16.2. The van der Waals surface area contributed by atoms with Gasteiger partial charge in [-0.05, 0) is 19.8 Å². The molecule has 0 saturated carbocycles. The van der Waals surface area contributed by atoms with Crippen LogP contribution in [0.25, 0.3) is 0 Å². The van der Waals surface area contributed by atoms with E-state index in [1.165, 1.54) is 0 Å². The Kier molecular flexibility index (Phi) is 5.77. The van der Waals surface area contributed by atoms with Crippen molar-refractivity contribution in [2.75, 3.05) is 26.7 Å². The predicted octanol–water partition coefficient (Wildman–Crippen LogP) is -0.0557. The quantitative estimate of drug-likeness (QED) is 0.755. The fraction of sp³-hybridized carbons (Fsp3) is 0.769. The van der Waals surface area contributed by atoms with E-state index in [9.17, 15) is 9.59 Å². The van der Waals surface area contributed by atoms with Crippen molar-refractivity contribution in [3.05, 3.63) is 0 Å². The highest BCUT2D eigenvalue weighted by molar-refractivity contribution is 5.79. The third-order valence-electron chi connectivity index (χ3n) is 3.74. The number of likely N-dealkylation sites (N-methyl/N-ethyl adjacent to an activating group) is 1. The van der Waals surface area contributed by atoms with Crippen LogP contribution in [0, 0.1) is 17.2 Å². The van der Waals surface area contributed by atoms with Crippen molar-refractivity contribution in [2.45, 2.75) is 32.2 Å². The zero-order valence-corrected chi connectivity index (χ0v) is 11.6. The number of nitriles is 1. The summed E-state index contributed by atoms with van der Waals surface area (Å²) in [7, 11) is 1.69. The number of nitrogens with two attached hydrogens (primary N) is 1. The number of hydrogen-bond acceptors (Lipinski definition) is 4. The fourth-order valence-corrected chi connectivity index (χ4v) is 2.27. The molecule has 6 heteroatoms. The zero-order valence-electron chi connectivity index (χ0n) is 11.6. The van der Waals surface area contributed by atoms with Gasteiger partial charge in [0.15, 0.2) is 0 Å². The Labute approximate surface area is 114 Å². The Morgan fingerprint density at radius 1 is 1.47 bits per heavy atom. The van der Waals surface area contributed by atoms with E-state index in [2.05, 4.69) is 6.92 Å². The molecule has 6 nitrogen and oxygen atoms in total. The van der Waals surface area contributed by atoms with E-state index in [1.807, 2.05) is 11.0 Å². The molecule has 0 radical (unpaired) electrons. The highest BCUT2D eigenvalue weighted by Crippen LogP contribution is 2.21. The van der Waals surface area contributed by atoms with Crippen LogP contribution in [0.4, 0.5) is 0 Å². The smallest absolute Gasteiger partial charge is 0.236 e. The van der Waals surface area contributed by atoms with Gasteiger partial charge in [0.2, 0.25) is 11.8 Å². The number of amides is 2. The molecule has 0 bridgehead atoms. The summed E-state index contributed by atoms with van der Waals surface area (Å²) in [6.45, 7) is 3.33. The molecule has 0 aromatic rings. The second-order valence-electron chi connectivity index (χ2n) is 5.18. The maximum Gasteiger partial charge on any atom is 0.236 e. The summed E-state index contributed by atoms with van der Waals surface area (Å²) < 4.78 is 0. The molecule has 1 fully saturated rings. The second-order valence-corrected chi connectivity index (χ2v) is 5.18. The van der Waals surface area contributed by atoms with Gasteiger partial charge in [-0.15, -0.1) is 0 Å². The van der Waals surface area contributed by atoms with E-state index in [0.29, 0.717) is 19.5 Å². The van der Waals surface area contributed by atoms with Crippen LogP contribution >= 0.6 is 0 Å². The van der Waals surface area contributed by atoms with Crippen molar-refractivity contribution >= 4 is 11.8 Å². The van der Waals surface area contributed by atoms with Gasteiger partial charge in [-0.25, -0.2) is 0 Å². The Morgan fingerprint density at radius 3 is 2.74 bits per heavy atom. The summed E-state index contributed by atoms with van der Waals surface area (Å²) in [5, 5.41) is 8.51. The lowest BCUT2D eigenvalue weighted by Crippen LogP contribution is -2.49. The molecule has 106 valence electrons. The van der Waals surface area contributed by atoms with Crippen LogP contribution in [0.5, 0.6) is 0 Å². The van der Waals surface area contributed by atoms with Crippen molar-refractivity contribution in [3.8, 4) is 6.07 Å². The van der Waals surface area contributed by atoms with E-state index in [1.54, 1.807) is 11.9 Å². The molecular formula is C13H22N4O2. The molecule has 2 amide bonds. The maximum absolute atomic E-state index is 12.0. The van der Waals surface area contributed by atoms with Gasteiger partial charge in [0.1, 0.15) is 0 Å². The lowest BCUT2D eigenvalue weighted by molar-refractivity contribution is -0.134. The number of piperidine rings is 1. The molecule has 0 aromatic carbocycles. The van der Waals surface area contributed by atoms with Gasteiger partial charge in [0.25, 0.3) is 0 Å². The molecule has 2 N–H and O–H groups in total. The monoisotopic (exact) mass is 266 g/mol. The molecule has 1 aliphatic rings. The normalized spacial score (nSPS) is 23.6. The standard InChI is InChI=1S/C13H22N4O2/c1-10-4-5-11(13(15)19)8-17(10)9-12(18)16(2)7-3-6-14/h10-11H,3-5,7-9H2,1-2H3,(H2,15,19). The molecule has 0 aliphatic carbocycles. The number of carbonyl (C=O) groups is 2. The third-order valence-corrected chi connectivity index (χ3v) is 3.74. The van der Waals surface area contributed by atoms with Gasteiger partial charge in [-0.1, -0.05) is 0 Å². The number of primary amides is 1. The average molecular weight is 266 g/mol. The molecule has 2 atom stereocenters. The summed E-state index contributed by atoms with van der Waals surface area (Å²) in [4.78, 5) is 26.8. The second kappa shape index (κ2) is 7.10. The molecule has 19 heavy (non-hydrogen) atoms. The fourth-order valence-electron chi connectivity index (χ4n) is 2.27. The summed E-state index contributed by atoms with van der Waals surface area (Å²) in [6.07, 6.45) is 2.01. The van der Waals surface area contributed by atoms with Crippen molar-refractivity contribution in [2.24, 2.45) is 11.7 Å². The van der Waals surface area contributed by atoms with Gasteiger partial charge in [0.05, 0.1) is 25.0 Å². The Bertz CT molecular complexity index is 377. The summed E-state index contributed by atoms with van der Waals surface area (Å²) in [5.74, 6) is -0.470. The van der Waals surface area contributed by atoms with Crippen LogP contribution in [-0.2, 0) is 9.59 Å². The molecule has 0 spiro atoms. The number of hydrogen-bond donors (Lipinski definition) is 1. The Morgan fingerprint density at radius 2 is 2.16 bits per heavy atom. The molecule has 1 aliphatic heterocycles. The summed E-state index contributed by atoms with van der Waals surface area (Å²) in [5.41, 5.74) is 5.33. The number of carbonyl (C=O) groups excluding carboxylic acids is 2. The minimum atomic E-state index is -0.290. The van der Waals surface area contributed by atoms with Crippen LogP contribution < -0.4 is 5.73 Å². The maximum atomic E-state index is 12.0. The molecule has 2 unspecified atom stereocenters. The van der Waals surface area contributed by atoms with Crippen molar-refractivity contribution in [1.82, 2.24) is 9.80 Å². The van der Waals surface area contributed by atoms with E-state index in [4.69, 9.17) is 11.0 Å². The number of rotatable bonds is 5. The molecule has 0 aromatic heterocycles. The minimum absolute atomic E-state index is 0.0211. The average Bonchev–Trinajstić information content (AvgIpc) is 2.38. The van der Waals surface area contributed by atoms with E-state index >= 15 is 0 Å². The zero-order chi connectivity index (χ0) is 14.4. The molecule has 1 heterocycles. The van der Waals surface area contributed by atoms with E-state index in [0.717, 1.165) is 12.8 Å². The largest absolute Gasteiger partial charge is 0.369 e. The first-order valence-electron chi connectivity index (χ1n) is 6.60. The molecule has 1 saturated heterocycles. The van der Waals surface area contributed by atoms with Crippen LogP contribution in [0.2, 0.25) is 0 Å². The third kappa shape index (κ3) is 4.52. The lowest BCUT2D eigenvalue weighted by atomic mass is 9.93. The summed E-state index contributed by atoms with van der Waals surface area (Å²) >= 11 is 0. The lowest BCUT2D eigenvalue weighted by Gasteiger charge is -2.37. The van der Waals surface area contributed by atoms with Gasteiger partial charge >= 0.3 is 0 Å². The van der Waals surface area contributed by atoms with Crippen LogP contribution in [-0.4, -0.2) is 54.3 Å². The van der Waals surface area contributed by atoms with E-state index < -0.39 is 0 Å². The van der Waals surface area contributed by atoms with E-state index in [-0.39, 0.29) is 30.3 Å². The van der Waals surface area contributed by atoms with Crippen LogP contribution in [0.15, 0.2) is 0 Å². The molecular weight excluding hydrogens is 244 g/mol. The first-order valence-corrected chi connectivity index (χ1v) is 6.60. The molecule has 1 rings (SSSR count). The summed E-state index contributed by atoms with van der Waals surface area (Å²) in [6, 6.07) is 2.30. The van der Waals surface area contributed by atoms with Crippen molar-refractivity contribution in [3.63, 3.8) is 0 Å². The topological polar surface area (TPSA) is 90.4 Å². The highest BCUT2D eigenvalue weighted by Gasteiger charge is 2.30. The van der Waals surface area contributed by atoms with Gasteiger partial charge < -0.3 is 10.6 Å². The van der Waals surface area contributed by atoms with Gasteiger partial charge in [-0.2, -0.15) is 5.26 Å². The van der Waals surface area contributed by atoms with Gasteiger partial charge in [0, 0.05) is 26.2 Å². The first-order chi connectivity index (χ1) is 8.95. The Hall–Kier alpha value is -1.61. The number of nitrogens with zero attached hydrogens (tertiary/aromatic N) is 3. The van der Waals surface area contributed by atoms with Crippen molar-refractivity contribution < 1.29 is 9.59 Å². The Balaban J connectivity index is 2.51. The van der Waals surface area contributed by atoms with Gasteiger partial charge in [-0.3, -0.25) is 14.5 Å². The number of likely N-dealkylation sites (tertiary alicyclic amines) is 1. The predicted molar refractivity (Wildman–Crippen MR) is 70.8 cm³/mol. The SMILES string of the molecule is CC1CCC(C(N)=O)CN1CC(=O)N(C)CCC#N. The van der Waals surface area contributed by atoms with Crippen LogP contribution in [0.3, 0.4) is 0 Å². The van der Waals surface area contributed by atoms with Crippen molar-refractivity contribution in [1.29, 1.82) is 5.26 Å². The minimum Gasteiger partial charge on any atom is -0.369 e. The first kappa shape index (κ1) is 15.4. The van der Waals surface area contributed by atoms with Crippen LogP contribution in [0.1, 0.15) is 26.2 Å².